The van der Waals surface area contributed by atoms with Crippen molar-refractivity contribution in [1.29, 1.82) is 0 Å². The van der Waals surface area contributed by atoms with Gasteiger partial charge in [0.2, 0.25) is 0 Å². The molecule has 1 unspecified atom stereocenters. The maximum atomic E-state index is 4.81. The van der Waals surface area contributed by atoms with Gasteiger partial charge < -0.3 is 14.9 Å². The normalized spacial score (nSPS) is 18.3. The average molecular weight is 282 g/mol. The number of imidazole rings is 2. The van der Waals surface area contributed by atoms with Gasteiger partial charge in [-0.1, -0.05) is 0 Å². The van der Waals surface area contributed by atoms with E-state index >= 15 is 0 Å². The summed E-state index contributed by atoms with van der Waals surface area (Å²) >= 11 is 0. The van der Waals surface area contributed by atoms with Gasteiger partial charge in [0.1, 0.15) is 11.3 Å². The van der Waals surface area contributed by atoms with Gasteiger partial charge in [0.05, 0.1) is 23.8 Å². The minimum atomic E-state index is 0.178. The Morgan fingerprint density at radius 2 is 2.24 bits per heavy atom. The van der Waals surface area contributed by atoms with Gasteiger partial charge in [0, 0.05) is 25.2 Å². The van der Waals surface area contributed by atoms with E-state index in [4.69, 9.17) is 4.98 Å². The van der Waals surface area contributed by atoms with E-state index in [2.05, 4.69) is 38.7 Å². The van der Waals surface area contributed by atoms with Crippen LogP contribution in [0.4, 0.5) is 0 Å². The Labute approximate surface area is 122 Å². The van der Waals surface area contributed by atoms with Crippen LogP contribution < -0.4 is 5.32 Å². The molecule has 108 valence electrons. The Morgan fingerprint density at radius 3 is 3.10 bits per heavy atom. The monoisotopic (exact) mass is 282 g/mol. The first-order chi connectivity index (χ1) is 10.2. The number of nitrogens with zero attached hydrogens (tertiary/aromatic N) is 4. The molecule has 4 heterocycles. The van der Waals surface area contributed by atoms with E-state index in [-0.39, 0.29) is 6.04 Å². The second kappa shape index (κ2) is 4.66. The van der Waals surface area contributed by atoms with Gasteiger partial charge in [-0.15, -0.1) is 0 Å². The summed E-state index contributed by atoms with van der Waals surface area (Å²) in [5.41, 5.74) is 4.22. The lowest BCUT2D eigenvalue weighted by Crippen LogP contribution is -2.31. The van der Waals surface area contributed by atoms with Crippen LogP contribution in [0, 0.1) is 0 Å². The van der Waals surface area contributed by atoms with E-state index in [0.717, 1.165) is 35.6 Å². The average Bonchev–Trinajstić information content (AvgIpc) is 3.10. The molecule has 2 N–H and O–H groups in total. The molecule has 0 saturated heterocycles. The number of aromatic amines is 1. The third-order valence-corrected chi connectivity index (χ3v) is 4.03. The summed E-state index contributed by atoms with van der Waals surface area (Å²) in [4.78, 5) is 16.9. The highest BCUT2D eigenvalue weighted by Gasteiger charge is 2.27. The predicted octanol–water partition coefficient (Wildman–Crippen LogP) is 2.12. The van der Waals surface area contributed by atoms with Crippen LogP contribution in [0.5, 0.6) is 0 Å². The first kappa shape index (κ1) is 12.5. The van der Waals surface area contributed by atoms with Gasteiger partial charge in [-0.25, -0.2) is 15.0 Å². The highest BCUT2D eigenvalue weighted by molar-refractivity contribution is 5.71. The van der Waals surface area contributed by atoms with Gasteiger partial charge in [0.15, 0.2) is 5.65 Å². The molecule has 0 spiro atoms. The molecule has 0 bridgehead atoms. The molecular weight excluding hydrogens is 264 g/mol. The highest BCUT2D eigenvalue weighted by Crippen LogP contribution is 2.28. The number of H-pyrrole nitrogens is 1. The van der Waals surface area contributed by atoms with Gasteiger partial charge in [-0.3, -0.25) is 0 Å². The molecule has 3 aromatic heterocycles. The van der Waals surface area contributed by atoms with Crippen molar-refractivity contribution in [2.75, 3.05) is 0 Å². The standard InChI is InChI=1S/C15H18N6/c1-9(2)21-14-10(4-3-5-16-14)20-15(21)12-6-11-13(7-17-12)19-8-18-11/h3-5,8-9,12,17H,6-7H2,1-2H3,(H,18,19). The fourth-order valence-electron chi connectivity index (χ4n) is 3.05. The Hall–Kier alpha value is -2.21. The van der Waals surface area contributed by atoms with Gasteiger partial charge in [-0.05, 0) is 26.0 Å². The van der Waals surface area contributed by atoms with E-state index in [0.29, 0.717) is 6.04 Å². The number of aromatic nitrogens is 5. The summed E-state index contributed by atoms with van der Waals surface area (Å²) in [5.74, 6) is 1.05. The molecule has 6 heteroatoms. The van der Waals surface area contributed by atoms with Gasteiger partial charge in [-0.2, -0.15) is 0 Å². The number of rotatable bonds is 2. The van der Waals surface area contributed by atoms with E-state index in [1.165, 1.54) is 5.69 Å². The number of fused-ring (bicyclic) bond motifs is 2. The Bertz CT molecular complexity index is 784. The predicted molar refractivity (Wildman–Crippen MR) is 79.8 cm³/mol. The number of nitrogens with one attached hydrogen (secondary N) is 2. The highest BCUT2D eigenvalue weighted by atomic mass is 15.2. The number of hydrogen-bond donors (Lipinski definition) is 2. The Kier molecular flexibility index (Phi) is 2.78. The second-order valence-electron chi connectivity index (χ2n) is 5.75. The third kappa shape index (κ3) is 1.94. The van der Waals surface area contributed by atoms with E-state index in [1.807, 2.05) is 18.3 Å². The van der Waals surface area contributed by atoms with Crippen molar-refractivity contribution >= 4 is 11.2 Å². The van der Waals surface area contributed by atoms with Crippen LogP contribution in [-0.4, -0.2) is 24.5 Å². The van der Waals surface area contributed by atoms with Crippen molar-refractivity contribution in [1.82, 2.24) is 29.8 Å². The van der Waals surface area contributed by atoms with Crippen LogP contribution in [0.1, 0.15) is 43.1 Å². The Morgan fingerprint density at radius 1 is 1.33 bits per heavy atom. The summed E-state index contributed by atoms with van der Waals surface area (Å²) in [6.45, 7) is 5.14. The summed E-state index contributed by atoms with van der Waals surface area (Å²) in [5, 5.41) is 3.55. The molecule has 0 saturated carbocycles. The zero-order valence-corrected chi connectivity index (χ0v) is 12.2. The van der Waals surface area contributed by atoms with Crippen molar-refractivity contribution in [3.63, 3.8) is 0 Å². The minimum absolute atomic E-state index is 0.178. The largest absolute Gasteiger partial charge is 0.347 e. The van der Waals surface area contributed by atoms with Crippen molar-refractivity contribution < 1.29 is 0 Å². The van der Waals surface area contributed by atoms with Crippen molar-refractivity contribution in [3.8, 4) is 0 Å². The molecule has 0 radical (unpaired) electrons. The molecule has 21 heavy (non-hydrogen) atoms. The summed E-state index contributed by atoms with van der Waals surface area (Å²) in [6, 6.07) is 4.46. The SMILES string of the molecule is CC(C)n1c(C2Cc3nc[nH]c3CN2)nc2cccnc21. The molecule has 1 aliphatic rings. The topological polar surface area (TPSA) is 71.4 Å². The van der Waals surface area contributed by atoms with Crippen molar-refractivity contribution in [3.05, 3.63) is 41.9 Å². The first-order valence-electron chi connectivity index (χ1n) is 7.31. The molecule has 1 atom stereocenters. The van der Waals surface area contributed by atoms with Crippen LogP contribution >= 0.6 is 0 Å². The molecule has 0 aliphatic carbocycles. The molecule has 3 aromatic rings. The number of hydrogen-bond acceptors (Lipinski definition) is 4. The second-order valence-corrected chi connectivity index (χ2v) is 5.75. The maximum Gasteiger partial charge on any atom is 0.160 e. The van der Waals surface area contributed by atoms with Crippen LogP contribution in [0.2, 0.25) is 0 Å². The van der Waals surface area contributed by atoms with E-state index in [9.17, 15) is 0 Å². The quantitative estimate of drug-likeness (QED) is 0.755. The molecule has 0 amide bonds. The van der Waals surface area contributed by atoms with Crippen LogP contribution in [0.3, 0.4) is 0 Å². The zero-order chi connectivity index (χ0) is 14.4. The number of pyridine rings is 1. The van der Waals surface area contributed by atoms with Crippen LogP contribution in [-0.2, 0) is 13.0 Å². The molecule has 0 fully saturated rings. The smallest absolute Gasteiger partial charge is 0.160 e. The first-order valence-corrected chi connectivity index (χ1v) is 7.31. The summed E-state index contributed by atoms with van der Waals surface area (Å²) in [7, 11) is 0. The lowest BCUT2D eigenvalue weighted by Gasteiger charge is -2.24. The minimum Gasteiger partial charge on any atom is -0.347 e. The maximum absolute atomic E-state index is 4.81. The van der Waals surface area contributed by atoms with Crippen LogP contribution in [0.25, 0.3) is 11.2 Å². The Balaban J connectivity index is 1.82. The van der Waals surface area contributed by atoms with Gasteiger partial charge in [0.25, 0.3) is 0 Å². The lowest BCUT2D eigenvalue weighted by atomic mass is 10.0. The fraction of sp³-hybridized carbons (Fsp3) is 0.400. The van der Waals surface area contributed by atoms with Gasteiger partial charge >= 0.3 is 0 Å². The van der Waals surface area contributed by atoms with Crippen molar-refractivity contribution in [2.45, 2.75) is 38.9 Å². The third-order valence-electron chi connectivity index (χ3n) is 4.03. The van der Waals surface area contributed by atoms with E-state index < -0.39 is 0 Å². The molecule has 0 aromatic carbocycles. The molecule has 6 nitrogen and oxygen atoms in total. The van der Waals surface area contributed by atoms with E-state index in [1.54, 1.807) is 6.33 Å². The molecule has 1 aliphatic heterocycles. The molecular formula is C15H18N6. The van der Waals surface area contributed by atoms with Crippen LogP contribution in [0.15, 0.2) is 24.7 Å². The fourth-order valence-corrected chi connectivity index (χ4v) is 3.05. The summed E-state index contributed by atoms with van der Waals surface area (Å²) in [6.07, 6.45) is 4.45. The summed E-state index contributed by atoms with van der Waals surface area (Å²) < 4.78 is 2.23. The van der Waals surface area contributed by atoms with Crippen molar-refractivity contribution in [2.24, 2.45) is 0 Å². The molecule has 4 rings (SSSR count). The zero-order valence-electron chi connectivity index (χ0n) is 12.2. The lowest BCUT2D eigenvalue weighted by molar-refractivity contribution is 0.436.